The summed E-state index contributed by atoms with van der Waals surface area (Å²) in [5, 5.41) is 3.03. The van der Waals surface area contributed by atoms with Gasteiger partial charge in [-0.15, -0.1) is 0 Å². The van der Waals surface area contributed by atoms with Crippen LogP contribution in [0.5, 0.6) is 5.88 Å². The summed E-state index contributed by atoms with van der Waals surface area (Å²) in [7, 11) is 1.86. The number of ether oxygens (including phenoxy) is 1. The van der Waals surface area contributed by atoms with Crippen LogP contribution in [0, 0.1) is 6.92 Å². The lowest BCUT2D eigenvalue weighted by molar-refractivity contribution is 0.175. The van der Waals surface area contributed by atoms with Gasteiger partial charge in [0.25, 0.3) is 0 Å². The number of nitrogens with one attached hydrogen (secondary N) is 1. The zero-order chi connectivity index (χ0) is 12.1. The molecule has 4 nitrogen and oxygen atoms in total. The molecule has 1 aliphatic carbocycles. The molecule has 1 fully saturated rings. The maximum absolute atomic E-state index is 5.97. The van der Waals surface area contributed by atoms with Crippen molar-refractivity contribution in [1.29, 1.82) is 0 Å². The van der Waals surface area contributed by atoms with Crippen LogP contribution in [-0.4, -0.2) is 23.1 Å². The molecule has 1 aliphatic rings. The number of nitrogens with zero attached hydrogens (tertiary/aromatic N) is 2. The molecule has 0 aromatic carbocycles. The van der Waals surface area contributed by atoms with Crippen LogP contribution in [0.25, 0.3) is 0 Å². The van der Waals surface area contributed by atoms with E-state index in [9.17, 15) is 0 Å². The lowest BCUT2D eigenvalue weighted by Gasteiger charge is -2.16. The molecule has 17 heavy (non-hydrogen) atoms. The molecule has 0 amide bonds. The second-order valence-electron chi connectivity index (χ2n) is 4.62. The van der Waals surface area contributed by atoms with Crippen molar-refractivity contribution in [2.75, 3.05) is 12.4 Å². The Bertz CT molecular complexity index is 360. The summed E-state index contributed by atoms with van der Waals surface area (Å²) < 4.78 is 5.97. The molecular weight excluding hydrogens is 214 g/mol. The van der Waals surface area contributed by atoms with Crippen molar-refractivity contribution in [3.8, 4) is 5.88 Å². The van der Waals surface area contributed by atoms with Gasteiger partial charge in [0.15, 0.2) is 0 Å². The predicted octanol–water partition coefficient (Wildman–Crippen LogP) is 2.93. The third-order valence-electron chi connectivity index (χ3n) is 3.16. The van der Waals surface area contributed by atoms with Gasteiger partial charge in [0.2, 0.25) is 5.88 Å². The molecule has 0 unspecified atom stereocenters. The van der Waals surface area contributed by atoms with Crippen molar-refractivity contribution in [3.05, 3.63) is 11.9 Å². The standard InChI is InChI=1S/C13H21N3O/c1-10-15-12(14-2)9-13(16-10)17-11-7-5-3-4-6-8-11/h9,11H,3-8H2,1-2H3,(H,14,15,16). The lowest BCUT2D eigenvalue weighted by atomic mass is 10.1. The Labute approximate surface area is 103 Å². The van der Waals surface area contributed by atoms with Gasteiger partial charge in [0.05, 0.1) is 0 Å². The van der Waals surface area contributed by atoms with Gasteiger partial charge in [-0.25, -0.2) is 4.98 Å². The summed E-state index contributed by atoms with van der Waals surface area (Å²) in [5.41, 5.74) is 0. The fraction of sp³-hybridized carbons (Fsp3) is 0.692. The summed E-state index contributed by atoms with van der Waals surface area (Å²) in [6.07, 6.45) is 7.85. The zero-order valence-corrected chi connectivity index (χ0v) is 10.7. The van der Waals surface area contributed by atoms with Gasteiger partial charge in [0, 0.05) is 13.1 Å². The molecule has 1 heterocycles. The van der Waals surface area contributed by atoms with Crippen molar-refractivity contribution in [2.45, 2.75) is 51.6 Å². The van der Waals surface area contributed by atoms with E-state index in [-0.39, 0.29) is 0 Å². The van der Waals surface area contributed by atoms with Crippen LogP contribution in [0.2, 0.25) is 0 Å². The molecule has 0 bridgehead atoms. The predicted molar refractivity (Wildman–Crippen MR) is 68.4 cm³/mol. The van der Waals surface area contributed by atoms with Gasteiger partial charge in [0.1, 0.15) is 17.7 Å². The first-order valence-corrected chi connectivity index (χ1v) is 6.48. The third kappa shape index (κ3) is 3.58. The minimum Gasteiger partial charge on any atom is -0.474 e. The molecule has 1 aromatic heterocycles. The third-order valence-corrected chi connectivity index (χ3v) is 3.16. The largest absolute Gasteiger partial charge is 0.474 e. The number of rotatable bonds is 3. The van der Waals surface area contributed by atoms with Crippen molar-refractivity contribution in [3.63, 3.8) is 0 Å². The van der Waals surface area contributed by atoms with E-state index in [2.05, 4.69) is 15.3 Å². The van der Waals surface area contributed by atoms with Crippen molar-refractivity contribution in [2.24, 2.45) is 0 Å². The summed E-state index contributed by atoms with van der Waals surface area (Å²) in [5.74, 6) is 2.27. The first-order valence-electron chi connectivity index (χ1n) is 6.48. The second kappa shape index (κ2) is 5.84. The normalized spacial score (nSPS) is 17.5. The molecule has 0 radical (unpaired) electrons. The van der Waals surface area contributed by atoms with E-state index in [1.807, 2.05) is 20.0 Å². The molecule has 0 saturated heterocycles. The van der Waals surface area contributed by atoms with E-state index in [1.165, 1.54) is 25.7 Å². The van der Waals surface area contributed by atoms with Gasteiger partial charge in [-0.05, 0) is 32.6 Å². The molecule has 1 saturated carbocycles. The molecule has 0 spiro atoms. The molecule has 94 valence electrons. The quantitative estimate of drug-likeness (QED) is 0.818. The minimum atomic E-state index is 0.330. The maximum Gasteiger partial charge on any atom is 0.218 e. The van der Waals surface area contributed by atoms with Gasteiger partial charge in [-0.2, -0.15) is 4.98 Å². The molecule has 1 N–H and O–H groups in total. The summed E-state index contributed by atoms with van der Waals surface area (Å²) in [6, 6.07) is 1.87. The fourth-order valence-electron chi connectivity index (χ4n) is 2.26. The molecule has 4 heteroatoms. The highest BCUT2D eigenvalue weighted by molar-refractivity contribution is 5.37. The van der Waals surface area contributed by atoms with Crippen LogP contribution in [-0.2, 0) is 0 Å². The topological polar surface area (TPSA) is 47.0 Å². The Morgan fingerprint density at radius 2 is 1.88 bits per heavy atom. The van der Waals surface area contributed by atoms with E-state index in [0.29, 0.717) is 12.0 Å². The van der Waals surface area contributed by atoms with Gasteiger partial charge >= 0.3 is 0 Å². The number of hydrogen-bond acceptors (Lipinski definition) is 4. The van der Waals surface area contributed by atoms with E-state index in [1.54, 1.807) is 0 Å². The van der Waals surface area contributed by atoms with Crippen LogP contribution in [0.1, 0.15) is 44.3 Å². The van der Waals surface area contributed by atoms with Crippen LogP contribution in [0.3, 0.4) is 0 Å². The smallest absolute Gasteiger partial charge is 0.218 e. The minimum absolute atomic E-state index is 0.330. The number of anilines is 1. The highest BCUT2D eigenvalue weighted by Crippen LogP contribution is 2.22. The number of aryl methyl sites for hydroxylation is 1. The molecule has 2 rings (SSSR count). The zero-order valence-electron chi connectivity index (χ0n) is 10.7. The van der Waals surface area contributed by atoms with E-state index < -0.39 is 0 Å². The number of aromatic nitrogens is 2. The summed E-state index contributed by atoms with van der Waals surface area (Å²) >= 11 is 0. The van der Waals surface area contributed by atoms with Crippen LogP contribution >= 0.6 is 0 Å². The number of hydrogen-bond donors (Lipinski definition) is 1. The van der Waals surface area contributed by atoms with Gasteiger partial charge < -0.3 is 10.1 Å². The Kier molecular flexibility index (Phi) is 4.18. The maximum atomic E-state index is 5.97. The van der Waals surface area contributed by atoms with Crippen LogP contribution in [0.4, 0.5) is 5.82 Å². The monoisotopic (exact) mass is 235 g/mol. The summed E-state index contributed by atoms with van der Waals surface area (Å²) in [6.45, 7) is 1.89. The highest BCUT2D eigenvalue weighted by Gasteiger charge is 2.14. The average molecular weight is 235 g/mol. The van der Waals surface area contributed by atoms with E-state index in [0.717, 1.165) is 24.5 Å². The Hall–Kier alpha value is -1.32. The Balaban J connectivity index is 2.03. The second-order valence-corrected chi connectivity index (χ2v) is 4.62. The molecule has 1 aromatic rings. The summed E-state index contributed by atoms with van der Waals surface area (Å²) in [4.78, 5) is 8.59. The lowest BCUT2D eigenvalue weighted by Crippen LogP contribution is -2.16. The SMILES string of the molecule is CNc1cc(OC2CCCCCC2)nc(C)n1. The Morgan fingerprint density at radius 3 is 2.53 bits per heavy atom. The van der Waals surface area contributed by atoms with Crippen molar-refractivity contribution in [1.82, 2.24) is 9.97 Å². The molecular formula is C13H21N3O. The first-order chi connectivity index (χ1) is 8.28. The van der Waals surface area contributed by atoms with Crippen LogP contribution < -0.4 is 10.1 Å². The molecule has 0 aliphatic heterocycles. The fourth-order valence-corrected chi connectivity index (χ4v) is 2.26. The van der Waals surface area contributed by atoms with Crippen LogP contribution in [0.15, 0.2) is 6.07 Å². The van der Waals surface area contributed by atoms with E-state index >= 15 is 0 Å². The Morgan fingerprint density at radius 1 is 1.18 bits per heavy atom. The highest BCUT2D eigenvalue weighted by atomic mass is 16.5. The van der Waals surface area contributed by atoms with Gasteiger partial charge in [-0.1, -0.05) is 12.8 Å². The van der Waals surface area contributed by atoms with Gasteiger partial charge in [-0.3, -0.25) is 0 Å². The van der Waals surface area contributed by atoms with Crippen molar-refractivity contribution < 1.29 is 4.74 Å². The molecule has 0 atom stereocenters. The average Bonchev–Trinajstić information content (AvgIpc) is 2.57. The van der Waals surface area contributed by atoms with E-state index in [4.69, 9.17) is 4.74 Å². The first kappa shape index (κ1) is 12.1. The van der Waals surface area contributed by atoms with Crippen molar-refractivity contribution >= 4 is 5.82 Å².